The second kappa shape index (κ2) is 10.2. The van der Waals surface area contributed by atoms with Gasteiger partial charge in [0, 0.05) is 17.3 Å². The van der Waals surface area contributed by atoms with Crippen LogP contribution in [-0.4, -0.2) is 69.1 Å². The Morgan fingerprint density at radius 3 is 2.28 bits per heavy atom. The van der Waals surface area contributed by atoms with Crippen molar-refractivity contribution < 1.29 is 34.8 Å². The summed E-state index contributed by atoms with van der Waals surface area (Å²) in [6.45, 7) is 15.8. The maximum absolute atomic E-state index is 14.7. The average Bonchev–Trinajstić information content (AvgIpc) is 2.96. The molecule has 0 bridgehead atoms. The van der Waals surface area contributed by atoms with Gasteiger partial charge in [-0.2, -0.15) is 0 Å². The summed E-state index contributed by atoms with van der Waals surface area (Å²) < 4.78 is 5.91. The van der Waals surface area contributed by atoms with Crippen molar-refractivity contribution in [3.8, 4) is 0 Å². The lowest BCUT2D eigenvalue weighted by Crippen LogP contribution is -2.67. The van der Waals surface area contributed by atoms with Crippen LogP contribution in [0.2, 0.25) is 0 Å². The van der Waals surface area contributed by atoms with Crippen molar-refractivity contribution >= 4 is 11.6 Å². The van der Waals surface area contributed by atoms with Gasteiger partial charge < -0.3 is 25.2 Å². The molecule has 0 aromatic rings. The summed E-state index contributed by atoms with van der Waals surface area (Å²) in [5.74, 6) is 1.77. The minimum absolute atomic E-state index is 0.00236. The standard InChI is InChI=1S/C36H56O7/c1-19-10-15-36(31(42)30-29(41)28(40)27(39)22(18-37)43-30)17-16-34(6)21(26(36)20(19)2)8-9-24-33(5)13-12-25(38)32(3,4)23(33)11-14-35(24,34)7/h8,19-20,22-24,26-30,37,39-41H,9-18H2,1-7H3/t19-,20+,22?,23?,24?,26?,27-,28+,29?,30-,33+,34-,35-,36+/m1/s1. The SMILES string of the molecule is C[C@@H]1CC[C@]2(C(=O)[C@@H]3OC(CO)[C@@H](O)[C@H](O)C3O)CC[C@]3(C)C(=CCC4[C@@]5(C)CCC(=O)C(C)(C)C5CC[C@]43C)C2[C@H]1C. The normalized spacial score (nSPS) is 54.4. The number of carbonyl (C=O) groups is 2. The first-order valence-corrected chi connectivity index (χ1v) is 17.1. The maximum Gasteiger partial charge on any atom is 0.171 e. The minimum Gasteiger partial charge on any atom is -0.394 e. The quantitative estimate of drug-likeness (QED) is 0.349. The van der Waals surface area contributed by atoms with Crippen LogP contribution >= 0.6 is 0 Å². The highest BCUT2D eigenvalue weighted by atomic mass is 16.5. The first-order chi connectivity index (χ1) is 20.0. The fourth-order valence-corrected chi connectivity index (χ4v) is 12.3. The van der Waals surface area contributed by atoms with Crippen molar-refractivity contribution in [2.75, 3.05) is 6.61 Å². The third-order valence-electron chi connectivity index (χ3n) is 15.4. The van der Waals surface area contributed by atoms with Crippen LogP contribution in [0.5, 0.6) is 0 Å². The van der Waals surface area contributed by atoms with E-state index >= 15 is 0 Å². The number of aliphatic hydroxyl groups excluding tert-OH is 4. The molecule has 0 amide bonds. The van der Waals surface area contributed by atoms with Gasteiger partial charge >= 0.3 is 0 Å². The Morgan fingerprint density at radius 2 is 1.60 bits per heavy atom. The zero-order valence-electron chi connectivity index (χ0n) is 27.4. The molecule has 4 N–H and O–H groups in total. The third-order valence-corrected chi connectivity index (χ3v) is 15.4. The molecule has 43 heavy (non-hydrogen) atoms. The third kappa shape index (κ3) is 4.03. The predicted molar refractivity (Wildman–Crippen MR) is 163 cm³/mol. The number of fused-ring (bicyclic) bond motifs is 7. The topological polar surface area (TPSA) is 124 Å². The molecule has 4 saturated carbocycles. The van der Waals surface area contributed by atoms with Crippen molar-refractivity contribution in [3.63, 3.8) is 0 Å². The lowest BCUT2D eigenvalue weighted by atomic mass is 9.33. The molecule has 242 valence electrons. The number of carbonyl (C=O) groups excluding carboxylic acids is 2. The molecule has 14 atom stereocenters. The van der Waals surface area contributed by atoms with Gasteiger partial charge in [0.15, 0.2) is 5.78 Å². The Morgan fingerprint density at radius 1 is 0.907 bits per heavy atom. The van der Waals surface area contributed by atoms with Gasteiger partial charge in [-0.05, 0) is 97.2 Å². The van der Waals surface area contributed by atoms with Gasteiger partial charge in [0.1, 0.15) is 36.3 Å². The number of hydrogen-bond donors (Lipinski definition) is 4. The van der Waals surface area contributed by atoms with Gasteiger partial charge in [-0.15, -0.1) is 0 Å². The highest BCUT2D eigenvalue weighted by Gasteiger charge is 2.70. The summed E-state index contributed by atoms with van der Waals surface area (Å²) in [6, 6.07) is 0. The zero-order valence-corrected chi connectivity index (χ0v) is 27.4. The molecule has 0 radical (unpaired) electrons. The number of aliphatic hydroxyl groups is 4. The van der Waals surface area contributed by atoms with Crippen molar-refractivity contribution in [3.05, 3.63) is 11.6 Å². The van der Waals surface area contributed by atoms with Crippen LogP contribution in [0.1, 0.15) is 106 Å². The molecule has 1 aliphatic heterocycles. The highest BCUT2D eigenvalue weighted by molar-refractivity contribution is 5.91. The van der Waals surface area contributed by atoms with Crippen molar-refractivity contribution in [2.45, 2.75) is 137 Å². The van der Waals surface area contributed by atoms with E-state index in [1.165, 1.54) is 5.57 Å². The van der Waals surface area contributed by atoms with Gasteiger partial charge in [-0.3, -0.25) is 9.59 Å². The number of hydrogen-bond acceptors (Lipinski definition) is 7. The van der Waals surface area contributed by atoms with Crippen LogP contribution in [0, 0.1) is 56.7 Å². The lowest BCUT2D eigenvalue weighted by Gasteiger charge is -2.71. The second-order valence-electron chi connectivity index (χ2n) is 17.1. The van der Waals surface area contributed by atoms with E-state index in [4.69, 9.17) is 4.74 Å². The number of allylic oxidation sites excluding steroid dienone is 2. The number of ether oxygens (including phenoxy) is 1. The molecule has 1 heterocycles. The Bertz CT molecular complexity index is 1190. The van der Waals surface area contributed by atoms with Crippen LogP contribution in [-0.2, 0) is 14.3 Å². The van der Waals surface area contributed by atoms with Gasteiger partial charge in [0.25, 0.3) is 0 Å². The van der Waals surface area contributed by atoms with E-state index in [0.29, 0.717) is 42.8 Å². The summed E-state index contributed by atoms with van der Waals surface area (Å²) in [7, 11) is 0. The molecule has 0 aromatic carbocycles. The molecule has 1 saturated heterocycles. The van der Waals surface area contributed by atoms with Crippen LogP contribution in [0.4, 0.5) is 0 Å². The van der Waals surface area contributed by atoms with E-state index in [0.717, 1.165) is 38.5 Å². The summed E-state index contributed by atoms with van der Waals surface area (Å²) in [6.07, 6.45) is 3.43. The fraction of sp³-hybridized carbons (Fsp3) is 0.889. The smallest absolute Gasteiger partial charge is 0.171 e. The van der Waals surface area contributed by atoms with Crippen LogP contribution in [0.15, 0.2) is 11.6 Å². The minimum atomic E-state index is -1.56. The molecule has 7 heteroatoms. The zero-order chi connectivity index (χ0) is 31.5. The first kappa shape index (κ1) is 31.8. The van der Waals surface area contributed by atoms with Crippen LogP contribution in [0.25, 0.3) is 0 Å². The summed E-state index contributed by atoms with van der Waals surface area (Å²) >= 11 is 0. The predicted octanol–water partition coefficient (Wildman–Crippen LogP) is 4.62. The average molecular weight is 601 g/mol. The van der Waals surface area contributed by atoms with Crippen molar-refractivity contribution in [2.24, 2.45) is 56.7 Å². The van der Waals surface area contributed by atoms with Crippen LogP contribution < -0.4 is 0 Å². The molecule has 6 rings (SSSR count). The Hall–Kier alpha value is -1.12. The first-order valence-electron chi connectivity index (χ1n) is 17.1. The van der Waals surface area contributed by atoms with E-state index in [1.54, 1.807) is 0 Å². The molecule has 0 aromatic heterocycles. The summed E-state index contributed by atoms with van der Waals surface area (Å²) in [5, 5.41) is 41.9. The molecule has 5 unspecified atom stereocenters. The number of ketones is 2. The van der Waals surface area contributed by atoms with Crippen molar-refractivity contribution in [1.29, 1.82) is 0 Å². The molecular formula is C36H56O7. The molecule has 5 fully saturated rings. The largest absolute Gasteiger partial charge is 0.394 e. The molecule has 6 aliphatic rings. The van der Waals surface area contributed by atoms with Crippen LogP contribution in [0.3, 0.4) is 0 Å². The maximum atomic E-state index is 14.7. The highest BCUT2D eigenvalue weighted by Crippen LogP contribution is 2.75. The van der Waals surface area contributed by atoms with Gasteiger partial charge in [-0.25, -0.2) is 0 Å². The van der Waals surface area contributed by atoms with Gasteiger partial charge in [-0.1, -0.05) is 60.1 Å². The molecule has 5 aliphatic carbocycles. The Kier molecular flexibility index (Phi) is 7.55. The fourth-order valence-electron chi connectivity index (χ4n) is 12.3. The second-order valence-corrected chi connectivity index (χ2v) is 17.1. The van der Waals surface area contributed by atoms with E-state index in [2.05, 4.69) is 54.5 Å². The van der Waals surface area contributed by atoms with E-state index in [1.807, 2.05) is 0 Å². The molecular weight excluding hydrogens is 544 g/mol. The lowest BCUT2D eigenvalue weighted by molar-refractivity contribution is -0.233. The van der Waals surface area contributed by atoms with Crippen molar-refractivity contribution in [1.82, 2.24) is 0 Å². The van der Waals surface area contributed by atoms with Gasteiger partial charge in [0.2, 0.25) is 0 Å². The Balaban J connectivity index is 1.42. The molecule has 7 nitrogen and oxygen atoms in total. The number of rotatable bonds is 3. The summed E-state index contributed by atoms with van der Waals surface area (Å²) in [5.41, 5.74) is 0.410. The molecule has 0 spiro atoms. The number of Topliss-reactive ketones (excluding diaryl/α,β-unsaturated/α-hetero) is 2. The van der Waals surface area contributed by atoms with Gasteiger partial charge in [0.05, 0.1) is 6.61 Å². The van der Waals surface area contributed by atoms with E-state index in [-0.39, 0.29) is 39.3 Å². The van der Waals surface area contributed by atoms with E-state index < -0.39 is 42.5 Å². The monoisotopic (exact) mass is 600 g/mol. The summed E-state index contributed by atoms with van der Waals surface area (Å²) in [4.78, 5) is 27.8. The van der Waals surface area contributed by atoms with E-state index in [9.17, 15) is 30.0 Å². The Labute approximate surface area is 257 Å².